The van der Waals surface area contributed by atoms with E-state index in [4.69, 9.17) is 0 Å². The highest BCUT2D eigenvalue weighted by molar-refractivity contribution is 7.89. The molecule has 24 heavy (non-hydrogen) atoms. The van der Waals surface area contributed by atoms with Crippen molar-refractivity contribution < 1.29 is 13.3 Å². The fourth-order valence-electron chi connectivity index (χ4n) is 2.33. The number of rotatable bonds is 6. The molecule has 8 nitrogen and oxygen atoms in total. The molecule has 0 aliphatic carbocycles. The maximum atomic E-state index is 12.3. The van der Waals surface area contributed by atoms with Gasteiger partial charge >= 0.3 is 0 Å². The Labute approximate surface area is 138 Å². The Morgan fingerprint density at radius 1 is 1.17 bits per heavy atom. The van der Waals surface area contributed by atoms with E-state index in [1.807, 2.05) is 35.0 Å². The lowest BCUT2D eigenvalue weighted by Crippen LogP contribution is -2.26. The molecule has 0 spiro atoms. The average Bonchev–Trinajstić information content (AvgIpc) is 2.97. The molecule has 3 rings (SSSR count). The van der Waals surface area contributed by atoms with Crippen LogP contribution in [0.1, 0.15) is 5.69 Å². The van der Waals surface area contributed by atoms with Crippen molar-refractivity contribution in [2.45, 2.75) is 11.3 Å². The summed E-state index contributed by atoms with van der Waals surface area (Å²) in [4.78, 5) is 14.3. The van der Waals surface area contributed by atoms with Crippen molar-refractivity contribution in [1.29, 1.82) is 0 Å². The molecule has 0 bridgehead atoms. The molecule has 2 heterocycles. The van der Waals surface area contributed by atoms with E-state index < -0.39 is 20.6 Å². The van der Waals surface area contributed by atoms with Crippen LogP contribution in [0.5, 0.6) is 0 Å². The number of imidazole rings is 1. The summed E-state index contributed by atoms with van der Waals surface area (Å²) in [6, 6.07) is 10.8. The van der Waals surface area contributed by atoms with E-state index in [2.05, 4.69) is 9.71 Å². The van der Waals surface area contributed by atoms with Gasteiger partial charge in [-0.3, -0.25) is 10.1 Å². The van der Waals surface area contributed by atoms with Crippen LogP contribution in [0.2, 0.25) is 0 Å². The molecular formula is C15H14N4O4S. The summed E-state index contributed by atoms with van der Waals surface area (Å²) < 4.78 is 28.8. The summed E-state index contributed by atoms with van der Waals surface area (Å²) in [7, 11) is -3.96. The van der Waals surface area contributed by atoms with E-state index in [1.165, 1.54) is 18.2 Å². The number of nitrogens with zero attached hydrogens (tertiary/aromatic N) is 3. The van der Waals surface area contributed by atoms with Crippen molar-refractivity contribution >= 4 is 21.4 Å². The number of para-hydroxylation sites is 1. The Hall–Kier alpha value is -2.78. The van der Waals surface area contributed by atoms with Gasteiger partial charge in [-0.15, -0.1) is 0 Å². The highest BCUT2D eigenvalue weighted by atomic mass is 32.2. The van der Waals surface area contributed by atoms with Crippen LogP contribution < -0.4 is 4.72 Å². The summed E-state index contributed by atoms with van der Waals surface area (Å²) in [6.07, 6.45) is 4.04. The number of fused-ring (bicyclic) bond motifs is 1. The molecule has 3 aromatic rings. The fraction of sp³-hybridized carbons (Fsp3) is 0.133. The van der Waals surface area contributed by atoms with Crippen LogP contribution in [0.25, 0.3) is 5.65 Å². The van der Waals surface area contributed by atoms with E-state index in [-0.39, 0.29) is 11.4 Å². The number of aromatic nitrogens is 2. The highest BCUT2D eigenvalue weighted by Gasteiger charge is 2.24. The molecule has 0 aliphatic rings. The lowest BCUT2D eigenvalue weighted by Gasteiger charge is -2.06. The number of benzene rings is 1. The van der Waals surface area contributed by atoms with E-state index in [0.29, 0.717) is 6.42 Å². The minimum absolute atomic E-state index is 0.0955. The molecule has 0 unspecified atom stereocenters. The van der Waals surface area contributed by atoms with Crippen molar-refractivity contribution in [3.05, 3.63) is 70.7 Å². The van der Waals surface area contributed by atoms with Crippen LogP contribution in [-0.2, 0) is 16.4 Å². The number of nitrogens with one attached hydrogen (secondary N) is 1. The Morgan fingerprint density at radius 3 is 2.67 bits per heavy atom. The zero-order valence-electron chi connectivity index (χ0n) is 12.5. The minimum Gasteiger partial charge on any atom is -0.307 e. The normalized spacial score (nSPS) is 11.7. The first-order valence-electron chi connectivity index (χ1n) is 7.13. The van der Waals surface area contributed by atoms with Crippen LogP contribution in [0.4, 0.5) is 5.69 Å². The van der Waals surface area contributed by atoms with E-state index in [9.17, 15) is 18.5 Å². The Bertz CT molecular complexity index is 964. The second kappa shape index (κ2) is 6.38. The quantitative estimate of drug-likeness (QED) is 0.541. The molecule has 9 heteroatoms. The second-order valence-corrected chi connectivity index (χ2v) is 6.81. The summed E-state index contributed by atoms with van der Waals surface area (Å²) in [5, 5.41) is 11.0. The van der Waals surface area contributed by atoms with Gasteiger partial charge in [-0.2, -0.15) is 0 Å². The summed E-state index contributed by atoms with van der Waals surface area (Å²) in [5.74, 6) is 0. The molecule has 0 saturated carbocycles. The monoisotopic (exact) mass is 346 g/mol. The molecular weight excluding hydrogens is 332 g/mol. The van der Waals surface area contributed by atoms with Gasteiger partial charge < -0.3 is 4.40 Å². The Kier molecular flexibility index (Phi) is 4.28. The van der Waals surface area contributed by atoms with Gasteiger partial charge in [-0.1, -0.05) is 18.2 Å². The predicted octanol–water partition coefficient (Wildman–Crippen LogP) is 1.76. The van der Waals surface area contributed by atoms with Crippen LogP contribution in [0.15, 0.2) is 59.8 Å². The van der Waals surface area contributed by atoms with Crippen LogP contribution >= 0.6 is 0 Å². The molecule has 1 N–H and O–H groups in total. The molecule has 0 radical (unpaired) electrons. The minimum atomic E-state index is -3.96. The SMILES string of the molecule is O=[N+]([O-])c1ccccc1S(=O)(=O)NCCc1cn2ccccc2n1. The Morgan fingerprint density at radius 2 is 1.92 bits per heavy atom. The van der Waals surface area contributed by atoms with Gasteiger partial charge in [0.25, 0.3) is 5.69 Å². The third kappa shape index (κ3) is 3.26. The molecule has 0 saturated heterocycles. The van der Waals surface area contributed by atoms with Gasteiger partial charge in [-0.05, 0) is 18.2 Å². The number of hydrogen-bond donors (Lipinski definition) is 1. The first kappa shape index (κ1) is 16.1. The van der Waals surface area contributed by atoms with Crippen molar-refractivity contribution in [1.82, 2.24) is 14.1 Å². The number of hydrogen-bond acceptors (Lipinski definition) is 5. The predicted molar refractivity (Wildman–Crippen MR) is 87.2 cm³/mol. The van der Waals surface area contributed by atoms with Crippen LogP contribution in [0.3, 0.4) is 0 Å². The maximum Gasteiger partial charge on any atom is 0.289 e. The largest absolute Gasteiger partial charge is 0.307 e. The van der Waals surface area contributed by atoms with Crippen LogP contribution in [-0.4, -0.2) is 29.3 Å². The van der Waals surface area contributed by atoms with E-state index in [0.717, 1.165) is 17.4 Å². The van der Waals surface area contributed by atoms with Gasteiger partial charge in [0.1, 0.15) is 5.65 Å². The van der Waals surface area contributed by atoms with Gasteiger partial charge in [0, 0.05) is 31.4 Å². The van der Waals surface area contributed by atoms with Gasteiger partial charge in [0.05, 0.1) is 10.6 Å². The molecule has 0 aliphatic heterocycles. The smallest absolute Gasteiger partial charge is 0.289 e. The topological polar surface area (TPSA) is 107 Å². The number of nitro groups is 1. The van der Waals surface area contributed by atoms with Crippen molar-refractivity contribution in [3.63, 3.8) is 0 Å². The first-order chi connectivity index (χ1) is 11.5. The maximum absolute atomic E-state index is 12.3. The van der Waals surface area contributed by atoms with E-state index in [1.54, 1.807) is 0 Å². The van der Waals surface area contributed by atoms with Crippen molar-refractivity contribution in [3.8, 4) is 0 Å². The lowest BCUT2D eigenvalue weighted by atomic mass is 10.3. The zero-order chi connectivity index (χ0) is 17.2. The lowest BCUT2D eigenvalue weighted by molar-refractivity contribution is -0.387. The molecule has 2 aromatic heterocycles. The zero-order valence-corrected chi connectivity index (χ0v) is 13.3. The standard InChI is InChI=1S/C15H14N4O4S/c20-19(21)13-5-1-2-6-14(13)24(22,23)16-9-8-12-11-18-10-4-3-7-15(18)17-12/h1-7,10-11,16H,8-9H2. The third-order valence-electron chi connectivity index (χ3n) is 3.44. The number of pyridine rings is 1. The number of nitro benzene ring substituents is 1. The Balaban J connectivity index is 1.73. The summed E-state index contributed by atoms with van der Waals surface area (Å²) in [6.45, 7) is 0.0955. The van der Waals surface area contributed by atoms with Crippen molar-refractivity contribution in [2.24, 2.45) is 0 Å². The third-order valence-corrected chi connectivity index (χ3v) is 4.95. The molecule has 0 atom stereocenters. The molecule has 0 fully saturated rings. The average molecular weight is 346 g/mol. The fourth-order valence-corrected chi connectivity index (χ4v) is 3.54. The molecule has 0 amide bonds. The first-order valence-corrected chi connectivity index (χ1v) is 8.61. The van der Waals surface area contributed by atoms with Gasteiger partial charge in [0.15, 0.2) is 4.90 Å². The molecule has 1 aromatic carbocycles. The highest BCUT2D eigenvalue weighted by Crippen LogP contribution is 2.22. The summed E-state index contributed by atoms with van der Waals surface area (Å²) >= 11 is 0. The van der Waals surface area contributed by atoms with Crippen molar-refractivity contribution in [2.75, 3.05) is 6.54 Å². The summed E-state index contributed by atoms with van der Waals surface area (Å²) in [5.41, 5.74) is 1.05. The molecule has 124 valence electrons. The van der Waals surface area contributed by atoms with Gasteiger partial charge in [-0.25, -0.2) is 18.1 Å². The van der Waals surface area contributed by atoms with Gasteiger partial charge in [0.2, 0.25) is 10.0 Å². The van der Waals surface area contributed by atoms with Crippen LogP contribution in [0, 0.1) is 10.1 Å². The van der Waals surface area contributed by atoms with E-state index >= 15 is 0 Å². The second-order valence-electron chi connectivity index (χ2n) is 5.07. The number of sulfonamides is 1.